The molecule has 1 saturated heterocycles. The second-order valence-corrected chi connectivity index (χ2v) is 10.8. The number of carbonyl (C=O) groups excluding carboxylic acids is 2. The summed E-state index contributed by atoms with van der Waals surface area (Å²) in [5.41, 5.74) is 1.29. The van der Waals surface area contributed by atoms with Crippen molar-refractivity contribution in [1.82, 2.24) is 4.90 Å². The van der Waals surface area contributed by atoms with Gasteiger partial charge in [0, 0.05) is 23.7 Å². The van der Waals surface area contributed by atoms with Gasteiger partial charge in [0.05, 0.1) is 25.5 Å². The molecule has 1 unspecified atom stereocenters. The lowest BCUT2D eigenvalue weighted by atomic mass is 10.1. The molecule has 0 saturated carbocycles. The van der Waals surface area contributed by atoms with E-state index in [0.717, 1.165) is 35.0 Å². The number of hydrogen-bond acceptors (Lipinski definition) is 6. The Morgan fingerprint density at radius 2 is 1.85 bits per heavy atom. The molecule has 1 N–H and O–H groups in total. The Balaban J connectivity index is 1.61. The van der Waals surface area contributed by atoms with Crippen LogP contribution in [0.15, 0.2) is 65.7 Å². The van der Waals surface area contributed by atoms with Gasteiger partial charge in [-0.05, 0) is 66.9 Å². The number of carbonyl (C=O) groups is 2. The van der Waals surface area contributed by atoms with Gasteiger partial charge >= 0.3 is 6.18 Å². The molecule has 7 nitrogen and oxygen atoms in total. The van der Waals surface area contributed by atoms with Gasteiger partial charge in [0.15, 0.2) is 16.7 Å². The number of hydrogen-bond donors (Lipinski definition) is 1. The molecule has 1 atom stereocenters. The molecule has 1 fully saturated rings. The number of nitrogens with zero attached hydrogens (tertiary/aromatic N) is 2. The number of benzene rings is 3. The summed E-state index contributed by atoms with van der Waals surface area (Å²) in [6, 6.07) is 14.9. The van der Waals surface area contributed by atoms with Gasteiger partial charge in [0.2, 0.25) is 11.8 Å². The third-order valence-corrected chi connectivity index (χ3v) is 7.94. The third kappa shape index (κ3) is 7.53. The quantitative estimate of drug-likeness (QED) is 0.303. The maximum atomic E-state index is 13.3. The molecule has 0 aromatic heterocycles. The van der Waals surface area contributed by atoms with Gasteiger partial charge in [-0.1, -0.05) is 41.6 Å². The lowest BCUT2D eigenvalue weighted by Gasteiger charge is -2.32. The highest BCUT2D eigenvalue weighted by Crippen LogP contribution is 2.34. The molecule has 0 aliphatic carbocycles. The normalized spacial score (nSPS) is 16.6. The smallest absolute Gasteiger partial charge is 0.416 e. The third-order valence-electron chi connectivity index (χ3n) is 6.34. The number of nitrogens with one attached hydrogen (secondary N) is 1. The zero-order valence-corrected chi connectivity index (χ0v) is 24.0. The highest BCUT2D eigenvalue weighted by Gasteiger charge is 2.36. The van der Waals surface area contributed by atoms with Crippen LogP contribution < -0.4 is 14.8 Å². The minimum atomic E-state index is -4.56. The highest BCUT2D eigenvalue weighted by molar-refractivity contribution is 8.15. The molecule has 1 aliphatic heterocycles. The molecule has 0 radical (unpaired) electrons. The molecule has 4 rings (SSSR count). The second kappa shape index (κ2) is 12.9. The zero-order valence-electron chi connectivity index (χ0n) is 22.4. The molecular formula is C29H27ClF3N3O4S. The van der Waals surface area contributed by atoms with E-state index in [1.807, 2.05) is 13.0 Å². The van der Waals surface area contributed by atoms with E-state index in [-0.39, 0.29) is 29.7 Å². The zero-order chi connectivity index (χ0) is 29.7. The minimum absolute atomic E-state index is 0.0117. The Morgan fingerprint density at radius 3 is 2.54 bits per heavy atom. The van der Waals surface area contributed by atoms with Crippen LogP contribution in [0, 0.1) is 6.92 Å². The molecule has 2 amide bonds. The first-order chi connectivity index (χ1) is 19.5. The predicted molar refractivity (Wildman–Crippen MR) is 154 cm³/mol. The van der Waals surface area contributed by atoms with E-state index in [2.05, 4.69) is 10.3 Å². The molecule has 3 aromatic carbocycles. The van der Waals surface area contributed by atoms with E-state index in [0.29, 0.717) is 28.6 Å². The van der Waals surface area contributed by atoms with Gasteiger partial charge in [-0.15, -0.1) is 0 Å². The Kier molecular flexibility index (Phi) is 9.49. The van der Waals surface area contributed by atoms with E-state index < -0.39 is 22.9 Å². The summed E-state index contributed by atoms with van der Waals surface area (Å²) < 4.78 is 50.6. The van der Waals surface area contributed by atoms with Gasteiger partial charge < -0.3 is 14.8 Å². The van der Waals surface area contributed by atoms with Crippen LogP contribution in [0.5, 0.6) is 11.5 Å². The van der Waals surface area contributed by atoms with Crippen molar-refractivity contribution >= 4 is 51.7 Å². The van der Waals surface area contributed by atoms with Crippen molar-refractivity contribution in [2.45, 2.75) is 31.2 Å². The number of anilines is 1. The number of alkyl halides is 3. The molecule has 12 heteroatoms. The summed E-state index contributed by atoms with van der Waals surface area (Å²) in [7, 11) is 3.04. The molecule has 0 bridgehead atoms. The van der Waals surface area contributed by atoms with Crippen molar-refractivity contribution in [3.8, 4) is 11.5 Å². The minimum Gasteiger partial charge on any atom is -0.493 e. The molecule has 216 valence electrons. The van der Waals surface area contributed by atoms with E-state index >= 15 is 0 Å². The summed E-state index contributed by atoms with van der Waals surface area (Å²) >= 11 is 7.19. The number of ether oxygens (including phenoxy) is 2. The number of halogens is 4. The van der Waals surface area contributed by atoms with E-state index in [9.17, 15) is 22.8 Å². The Labute approximate surface area is 244 Å². The number of amides is 2. The molecular weight excluding hydrogens is 579 g/mol. The lowest BCUT2D eigenvalue weighted by Crippen LogP contribution is -2.46. The highest BCUT2D eigenvalue weighted by atomic mass is 35.5. The number of rotatable bonds is 8. The van der Waals surface area contributed by atoms with Crippen LogP contribution in [0.25, 0.3) is 0 Å². The largest absolute Gasteiger partial charge is 0.493 e. The Morgan fingerprint density at radius 1 is 1.10 bits per heavy atom. The van der Waals surface area contributed by atoms with Crippen molar-refractivity contribution < 1.29 is 32.2 Å². The summed E-state index contributed by atoms with van der Waals surface area (Å²) in [5.74, 6) is 0.253. The summed E-state index contributed by atoms with van der Waals surface area (Å²) in [6.45, 7) is 2.01. The number of aliphatic imine (C=N–C) groups is 1. The van der Waals surface area contributed by atoms with E-state index in [1.54, 1.807) is 30.3 Å². The number of thioether (sulfide) groups is 1. The van der Waals surface area contributed by atoms with Gasteiger partial charge in [0.25, 0.3) is 0 Å². The first-order valence-corrected chi connectivity index (χ1v) is 13.7. The van der Waals surface area contributed by atoms with Crippen LogP contribution in [-0.4, -0.2) is 47.9 Å². The molecule has 1 aliphatic rings. The lowest BCUT2D eigenvalue weighted by molar-refractivity contribution is -0.137. The van der Waals surface area contributed by atoms with Crippen molar-refractivity contribution in [1.29, 1.82) is 0 Å². The first-order valence-electron chi connectivity index (χ1n) is 12.5. The summed E-state index contributed by atoms with van der Waals surface area (Å²) in [5, 5.41) is 2.51. The van der Waals surface area contributed by atoms with Gasteiger partial charge in [0.1, 0.15) is 5.25 Å². The van der Waals surface area contributed by atoms with Crippen molar-refractivity contribution in [2.75, 3.05) is 26.1 Å². The van der Waals surface area contributed by atoms with E-state index in [4.69, 9.17) is 21.1 Å². The average molecular weight is 606 g/mol. The Hall–Kier alpha value is -3.70. The van der Waals surface area contributed by atoms with Gasteiger partial charge in [-0.3, -0.25) is 14.5 Å². The van der Waals surface area contributed by atoms with Crippen LogP contribution in [0.1, 0.15) is 23.1 Å². The summed E-state index contributed by atoms with van der Waals surface area (Å²) in [6.07, 6.45) is -4.28. The fraction of sp³-hybridized carbons (Fsp3) is 0.276. The second-order valence-electron chi connectivity index (χ2n) is 9.19. The monoisotopic (exact) mass is 605 g/mol. The molecule has 41 heavy (non-hydrogen) atoms. The number of aryl methyl sites for hydroxylation is 1. The van der Waals surface area contributed by atoms with Gasteiger partial charge in [-0.25, -0.2) is 4.99 Å². The maximum absolute atomic E-state index is 13.3. The predicted octanol–water partition coefficient (Wildman–Crippen LogP) is 6.89. The average Bonchev–Trinajstić information content (AvgIpc) is 2.94. The van der Waals surface area contributed by atoms with E-state index in [1.165, 1.54) is 31.3 Å². The van der Waals surface area contributed by atoms with Crippen LogP contribution >= 0.6 is 23.4 Å². The number of amidine groups is 1. The fourth-order valence-corrected chi connectivity index (χ4v) is 5.40. The van der Waals surface area contributed by atoms with Crippen LogP contribution in [0.4, 0.5) is 24.5 Å². The van der Waals surface area contributed by atoms with Crippen LogP contribution in [0.2, 0.25) is 5.02 Å². The first kappa shape index (κ1) is 30.3. The van der Waals surface area contributed by atoms with Crippen molar-refractivity contribution in [2.24, 2.45) is 4.99 Å². The molecule has 0 spiro atoms. The Bertz CT molecular complexity index is 1480. The molecule has 1 heterocycles. The van der Waals surface area contributed by atoms with Gasteiger partial charge in [-0.2, -0.15) is 13.2 Å². The fourth-order valence-electron chi connectivity index (χ4n) is 4.09. The maximum Gasteiger partial charge on any atom is 0.416 e. The van der Waals surface area contributed by atoms with Crippen molar-refractivity contribution in [3.63, 3.8) is 0 Å². The SMILES string of the molecule is COc1ccc(CCN2C(=O)CC(C(=O)Nc3ccc(C)c(Cl)c3)SC2=Nc2cccc(C(F)(F)F)c2)cc1OC. The molecule has 3 aromatic rings. The number of methoxy groups -OCH3 is 2. The summed E-state index contributed by atoms with van der Waals surface area (Å²) in [4.78, 5) is 32.3. The van der Waals surface area contributed by atoms with Crippen molar-refractivity contribution in [3.05, 3.63) is 82.4 Å². The standard InChI is InChI=1S/C29H27ClF3N3O4S/c1-17-7-9-21(15-22(17)30)34-27(38)25-16-26(37)36(12-11-18-8-10-23(39-2)24(13-18)40-3)28(41-25)35-20-6-4-5-19(14-20)29(31,32)33/h4-10,13-15,25H,11-12,16H2,1-3H3,(H,34,38). The van der Waals surface area contributed by atoms with Crippen LogP contribution in [-0.2, 0) is 22.2 Å². The van der Waals surface area contributed by atoms with Crippen LogP contribution in [0.3, 0.4) is 0 Å². The topological polar surface area (TPSA) is 80.2 Å².